The van der Waals surface area contributed by atoms with Crippen molar-refractivity contribution >= 4 is 27.5 Å². The topological polar surface area (TPSA) is 12.5 Å². The molecule has 1 aliphatic heterocycles. The van der Waals surface area contributed by atoms with Gasteiger partial charge in [-0.3, -0.25) is 4.90 Å². The minimum Gasteiger partial charge on any atom is -0.491 e. The minimum atomic E-state index is 0.721. The highest BCUT2D eigenvalue weighted by Gasteiger charge is 2.11. The number of nitrogens with zero attached hydrogens (tertiary/aromatic N) is 1. The summed E-state index contributed by atoms with van der Waals surface area (Å²) < 4.78 is 6.62. The van der Waals surface area contributed by atoms with Gasteiger partial charge >= 0.3 is 0 Å². The molecule has 1 aromatic carbocycles. The fourth-order valence-electron chi connectivity index (χ4n) is 1.88. The lowest BCUT2D eigenvalue weighted by Gasteiger charge is -2.15. The number of rotatable bonds is 4. The van der Waals surface area contributed by atoms with Gasteiger partial charge in [0, 0.05) is 11.6 Å². The van der Waals surface area contributed by atoms with Crippen molar-refractivity contribution in [2.75, 3.05) is 26.2 Å². The van der Waals surface area contributed by atoms with E-state index < -0.39 is 0 Å². The average molecular weight is 305 g/mol. The van der Waals surface area contributed by atoms with Crippen LogP contribution in [0.4, 0.5) is 0 Å². The van der Waals surface area contributed by atoms with Crippen LogP contribution in [-0.4, -0.2) is 31.1 Å². The van der Waals surface area contributed by atoms with Gasteiger partial charge in [-0.15, -0.1) is 0 Å². The molecule has 0 radical (unpaired) electrons. The maximum Gasteiger partial charge on any atom is 0.133 e. The molecule has 88 valence electrons. The molecule has 1 aliphatic rings. The van der Waals surface area contributed by atoms with E-state index in [9.17, 15) is 0 Å². The largest absolute Gasteiger partial charge is 0.491 e. The number of ether oxygens (including phenoxy) is 1. The molecule has 1 fully saturated rings. The highest BCUT2D eigenvalue weighted by Crippen LogP contribution is 2.27. The van der Waals surface area contributed by atoms with Crippen LogP contribution < -0.4 is 4.74 Å². The predicted octanol–water partition coefficient (Wildman–Crippen LogP) is 3.58. The first-order valence-electron chi connectivity index (χ1n) is 5.56. The smallest absolute Gasteiger partial charge is 0.133 e. The minimum absolute atomic E-state index is 0.721. The number of hydrogen-bond acceptors (Lipinski definition) is 2. The van der Waals surface area contributed by atoms with Gasteiger partial charge in [0.1, 0.15) is 12.4 Å². The highest BCUT2D eigenvalue weighted by molar-refractivity contribution is 9.10. The van der Waals surface area contributed by atoms with E-state index in [0.717, 1.165) is 28.4 Å². The fraction of sp³-hybridized carbons (Fsp3) is 0.500. The Morgan fingerprint density at radius 1 is 1.31 bits per heavy atom. The highest BCUT2D eigenvalue weighted by atomic mass is 79.9. The van der Waals surface area contributed by atoms with Crippen LogP contribution >= 0.6 is 27.5 Å². The molecule has 0 N–H and O–H groups in total. The molecular weight excluding hydrogens is 289 g/mol. The first-order chi connectivity index (χ1) is 7.75. The van der Waals surface area contributed by atoms with Crippen LogP contribution in [0.15, 0.2) is 22.7 Å². The Labute approximate surface area is 110 Å². The second-order valence-corrected chi connectivity index (χ2v) is 5.26. The Bertz CT molecular complexity index is 353. The maximum absolute atomic E-state index is 5.86. The van der Waals surface area contributed by atoms with Gasteiger partial charge in [0.25, 0.3) is 0 Å². The van der Waals surface area contributed by atoms with Crippen LogP contribution in [0.2, 0.25) is 5.02 Å². The first kappa shape index (κ1) is 12.2. The predicted molar refractivity (Wildman–Crippen MR) is 70.3 cm³/mol. The van der Waals surface area contributed by atoms with Crippen molar-refractivity contribution in [1.82, 2.24) is 4.90 Å². The zero-order valence-electron chi connectivity index (χ0n) is 9.09. The van der Waals surface area contributed by atoms with E-state index in [-0.39, 0.29) is 0 Å². The Kier molecular flexibility index (Phi) is 4.50. The lowest BCUT2D eigenvalue weighted by atomic mass is 10.3. The van der Waals surface area contributed by atoms with Crippen LogP contribution in [0.3, 0.4) is 0 Å². The Morgan fingerprint density at radius 3 is 2.75 bits per heavy atom. The molecule has 0 bridgehead atoms. The van der Waals surface area contributed by atoms with Crippen LogP contribution in [0.25, 0.3) is 0 Å². The Balaban J connectivity index is 1.80. The molecule has 0 unspecified atom stereocenters. The van der Waals surface area contributed by atoms with E-state index in [0.29, 0.717) is 0 Å². The molecule has 0 aliphatic carbocycles. The van der Waals surface area contributed by atoms with Gasteiger partial charge in [-0.1, -0.05) is 11.6 Å². The van der Waals surface area contributed by atoms with Gasteiger partial charge < -0.3 is 4.74 Å². The second kappa shape index (κ2) is 5.89. The summed E-state index contributed by atoms with van der Waals surface area (Å²) in [6.07, 6.45) is 2.65. The zero-order valence-corrected chi connectivity index (χ0v) is 11.4. The molecule has 0 saturated carbocycles. The van der Waals surface area contributed by atoms with E-state index >= 15 is 0 Å². The standard InChI is InChI=1S/C12H15BrClNO/c13-11-9-10(14)3-4-12(11)16-8-7-15-5-1-2-6-15/h3-4,9H,1-2,5-8H2. The van der Waals surface area contributed by atoms with Gasteiger partial charge in [0.05, 0.1) is 4.47 Å². The summed E-state index contributed by atoms with van der Waals surface area (Å²) in [7, 11) is 0. The van der Waals surface area contributed by atoms with Crippen molar-refractivity contribution in [1.29, 1.82) is 0 Å². The van der Waals surface area contributed by atoms with Crippen LogP contribution in [0, 0.1) is 0 Å². The molecule has 1 aromatic rings. The fourth-order valence-corrected chi connectivity index (χ4v) is 2.68. The quantitative estimate of drug-likeness (QED) is 0.843. The van der Waals surface area contributed by atoms with E-state index in [4.69, 9.17) is 16.3 Å². The summed E-state index contributed by atoms with van der Waals surface area (Å²) >= 11 is 9.30. The summed E-state index contributed by atoms with van der Waals surface area (Å²) in [5.41, 5.74) is 0. The molecule has 16 heavy (non-hydrogen) atoms. The zero-order chi connectivity index (χ0) is 11.4. The Morgan fingerprint density at radius 2 is 2.06 bits per heavy atom. The number of halogens is 2. The number of benzene rings is 1. The van der Waals surface area contributed by atoms with Crippen molar-refractivity contribution in [2.24, 2.45) is 0 Å². The third-order valence-electron chi connectivity index (χ3n) is 2.76. The second-order valence-electron chi connectivity index (χ2n) is 3.97. The monoisotopic (exact) mass is 303 g/mol. The van der Waals surface area contributed by atoms with Crippen molar-refractivity contribution in [2.45, 2.75) is 12.8 Å². The molecule has 2 rings (SSSR count). The van der Waals surface area contributed by atoms with E-state index in [1.807, 2.05) is 18.2 Å². The molecule has 1 heterocycles. The lowest BCUT2D eigenvalue weighted by Crippen LogP contribution is -2.25. The normalized spacial score (nSPS) is 16.6. The van der Waals surface area contributed by atoms with Gasteiger partial charge in [-0.25, -0.2) is 0 Å². The van der Waals surface area contributed by atoms with Gasteiger partial charge in [0.2, 0.25) is 0 Å². The lowest BCUT2D eigenvalue weighted by molar-refractivity contribution is 0.237. The van der Waals surface area contributed by atoms with Crippen LogP contribution in [0.5, 0.6) is 5.75 Å². The van der Waals surface area contributed by atoms with Gasteiger partial charge in [-0.2, -0.15) is 0 Å². The van der Waals surface area contributed by atoms with Gasteiger partial charge in [0.15, 0.2) is 0 Å². The average Bonchev–Trinajstić information content (AvgIpc) is 2.74. The van der Waals surface area contributed by atoms with E-state index in [1.54, 1.807) is 0 Å². The summed E-state index contributed by atoms with van der Waals surface area (Å²) in [5, 5.41) is 0.721. The van der Waals surface area contributed by atoms with Gasteiger partial charge in [-0.05, 0) is 60.1 Å². The van der Waals surface area contributed by atoms with E-state index in [2.05, 4.69) is 20.8 Å². The molecule has 0 atom stereocenters. The van der Waals surface area contributed by atoms with Crippen molar-refractivity contribution in [3.63, 3.8) is 0 Å². The maximum atomic E-state index is 5.86. The molecule has 4 heteroatoms. The molecule has 1 saturated heterocycles. The number of hydrogen-bond donors (Lipinski definition) is 0. The third kappa shape index (κ3) is 3.37. The summed E-state index contributed by atoms with van der Waals surface area (Å²) in [5.74, 6) is 0.864. The Hall–Kier alpha value is -0.250. The first-order valence-corrected chi connectivity index (χ1v) is 6.73. The SMILES string of the molecule is Clc1ccc(OCCN2CCCC2)c(Br)c1. The summed E-state index contributed by atoms with van der Waals surface area (Å²) in [6, 6.07) is 5.60. The van der Waals surface area contributed by atoms with Crippen LogP contribution in [-0.2, 0) is 0 Å². The molecule has 2 nitrogen and oxygen atoms in total. The number of likely N-dealkylation sites (tertiary alicyclic amines) is 1. The molecule has 0 spiro atoms. The van der Waals surface area contributed by atoms with Crippen molar-refractivity contribution < 1.29 is 4.74 Å². The van der Waals surface area contributed by atoms with Crippen LogP contribution in [0.1, 0.15) is 12.8 Å². The van der Waals surface area contributed by atoms with Crippen molar-refractivity contribution in [3.8, 4) is 5.75 Å². The third-order valence-corrected chi connectivity index (χ3v) is 3.61. The van der Waals surface area contributed by atoms with Crippen molar-refractivity contribution in [3.05, 3.63) is 27.7 Å². The summed E-state index contributed by atoms with van der Waals surface area (Å²) in [6.45, 7) is 4.17. The van der Waals surface area contributed by atoms with E-state index in [1.165, 1.54) is 25.9 Å². The summed E-state index contributed by atoms with van der Waals surface area (Å²) in [4.78, 5) is 2.43. The molecule has 0 aromatic heterocycles. The molecular formula is C12H15BrClNO. The molecule has 0 amide bonds.